The van der Waals surface area contributed by atoms with Gasteiger partial charge in [-0.3, -0.25) is 4.90 Å². The highest BCUT2D eigenvalue weighted by molar-refractivity contribution is 5.65. The van der Waals surface area contributed by atoms with Gasteiger partial charge >= 0.3 is 6.09 Å². The van der Waals surface area contributed by atoms with Gasteiger partial charge in [-0.15, -0.1) is 0 Å². The van der Waals surface area contributed by atoms with Crippen molar-refractivity contribution in [3.8, 4) is 0 Å². The van der Waals surface area contributed by atoms with Crippen LogP contribution < -0.4 is 5.32 Å². The van der Waals surface area contributed by atoms with Crippen molar-refractivity contribution >= 4 is 11.8 Å². The average molecular weight is 291 g/mol. The summed E-state index contributed by atoms with van der Waals surface area (Å²) in [7, 11) is 0. The summed E-state index contributed by atoms with van der Waals surface area (Å²) < 4.78 is 0. The van der Waals surface area contributed by atoms with Crippen LogP contribution in [0.1, 0.15) is 26.3 Å². The van der Waals surface area contributed by atoms with Crippen molar-refractivity contribution in [1.82, 2.24) is 9.80 Å². The summed E-state index contributed by atoms with van der Waals surface area (Å²) in [4.78, 5) is 14.9. The van der Waals surface area contributed by atoms with Crippen LogP contribution in [0.3, 0.4) is 0 Å². The van der Waals surface area contributed by atoms with Gasteiger partial charge in [0.05, 0.1) is 0 Å². The Morgan fingerprint density at radius 1 is 1.33 bits per heavy atom. The number of carboxylic acid groups (broad SMARTS) is 1. The molecule has 0 aliphatic carbocycles. The van der Waals surface area contributed by atoms with Gasteiger partial charge in [-0.1, -0.05) is 12.1 Å². The minimum absolute atomic E-state index is 0.0538. The molecule has 0 bridgehead atoms. The van der Waals surface area contributed by atoms with E-state index >= 15 is 0 Å². The minimum Gasteiger partial charge on any atom is -0.465 e. The monoisotopic (exact) mass is 291 g/mol. The number of anilines is 1. The Morgan fingerprint density at radius 2 is 2.00 bits per heavy atom. The lowest BCUT2D eigenvalue weighted by Gasteiger charge is -2.38. The lowest BCUT2D eigenvalue weighted by atomic mass is 10.1. The van der Waals surface area contributed by atoms with Gasteiger partial charge in [-0.05, 0) is 38.5 Å². The zero-order chi connectivity index (χ0) is 15.4. The number of benzene rings is 1. The van der Waals surface area contributed by atoms with Crippen LogP contribution in [0.15, 0.2) is 24.3 Å². The molecule has 0 unspecified atom stereocenters. The number of hydrogen-bond donors (Lipinski definition) is 2. The molecule has 21 heavy (non-hydrogen) atoms. The molecule has 0 aromatic heterocycles. The van der Waals surface area contributed by atoms with Crippen LogP contribution in [0, 0.1) is 0 Å². The van der Waals surface area contributed by atoms with Crippen LogP contribution in [0.25, 0.3) is 0 Å². The predicted octanol–water partition coefficient (Wildman–Crippen LogP) is 2.69. The summed E-state index contributed by atoms with van der Waals surface area (Å²) in [5, 5.41) is 12.5. The van der Waals surface area contributed by atoms with Crippen molar-refractivity contribution in [1.29, 1.82) is 0 Å². The third-order valence-corrected chi connectivity index (χ3v) is 3.77. The number of nitrogens with one attached hydrogen (secondary N) is 1. The highest BCUT2D eigenvalue weighted by atomic mass is 16.4. The van der Waals surface area contributed by atoms with Crippen LogP contribution in [-0.4, -0.2) is 52.7 Å². The first-order chi connectivity index (χ1) is 9.95. The Kier molecular flexibility index (Phi) is 5.07. The van der Waals surface area contributed by atoms with Gasteiger partial charge in [0.25, 0.3) is 0 Å². The van der Waals surface area contributed by atoms with Crippen molar-refractivity contribution < 1.29 is 9.90 Å². The molecule has 1 aromatic carbocycles. The molecule has 1 aliphatic rings. The molecule has 0 radical (unpaired) electrons. The van der Waals surface area contributed by atoms with Crippen molar-refractivity contribution in [3.63, 3.8) is 0 Å². The van der Waals surface area contributed by atoms with E-state index in [0.717, 1.165) is 25.3 Å². The quantitative estimate of drug-likeness (QED) is 0.895. The maximum atomic E-state index is 11.1. The first kappa shape index (κ1) is 15.6. The molecule has 0 saturated carbocycles. The van der Waals surface area contributed by atoms with Crippen LogP contribution in [0.4, 0.5) is 10.5 Å². The molecule has 1 aliphatic heterocycles. The van der Waals surface area contributed by atoms with E-state index in [1.807, 2.05) is 6.92 Å². The molecule has 2 rings (SSSR count). The highest BCUT2D eigenvalue weighted by Gasteiger charge is 2.26. The van der Waals surface area contributed by atoms with Gasteiger partial charge in [0.1, 0.15) is 0 Å². The van der Waals surface area contributed by atoms with Crippen molar-refractivity contribution in [2.75, 3.05) is 25.0 Å². The fraction of sp³-hybridized carbons (Fsp3) is 0.562. The molecule has 1 aromatic rings. The zero-order valence-electron chi connectivity index (χ0n) is 13.0. The SMILES string of the molecule is CC(C)Nc1ccc(CN2CCN(C(=O)O)[C@@H](C)C2)cc1. The largest absolute Gasteiger partial charge is 0.465 e. The number of amides is 1. The van der Waals surface area contributed by atoms with E-state index in [4.69, 9.17) is 5.11 Å². The van der Waals surface area contributed by atoms with Crippen molar-refractivity contribution in [2.24, 2.45) is 0 Å². The Balaban J connectivity index is 1.89. The standard InChI is InChI=1S/C16H25N3O2/c1-12(2)17-15-6-4-14(5-7-15)11-18-8-9-19(16(20)21)13(3)10-18/h4-7,12-13,17H,8-11H2,1-3H3,(H,20,21)/t13-/m0/s1. The Morgan fingerprint density at radius 3 is 2.52 bits per heavy atom. The van der Waals surface area contributed by atoms with Gasteiger partial charge in [0.15, 0.2) is 0 Å². The Bertz CT molecular complexity index is 473. The number of rotatable bonds is 4. The molecule has 1 heterocycles. The summed E-state index contributed by atoms with van der Waals surface area (Å²) in [6.45, 7) is 9.26. The molecule has 1 amide bonds. The molecular weight excluding hydrogens is 266 g/mol. The third-order valence-electron chi connectivity index (χ3n) is 3.77. The number of piperazine rings is 1. The van der Waals surface area contributed by atoms with E-state index < -0.39 is 6.09 Å². The summed E-state index contributed by atoms with van der Waals surface area (Å²) in [5.74, 6) is 0. The smallest absolute Gasteiger partial charge is 0.407 e. The number of nitrogens with zero attached hydrogens (tertiary/aromatic N) is 2. The fourth-order valence-electron chi connectivity index (χ4n) is 2.76. The molecule has 2 N–H and O–H groups in total. The molecule has 5 nitrogen and oxygen atoms in total. The van der Waals surface area contributed by atoms with Crippen LogP contribution in [-0.2, 0) is 6.54 Å². The molecule has 1 fully saturated rings. The lowest BCUT2D eigenvalue weighted by Crippen LogP contribution is -2.53. The van der Waals surface area contributed by atoms with Crippen molar-refractivity contribution in [2.45, 2.75) is 39.4 Å². The summed E-state index contributed by atoms with van der Waals surface area (Å²) in [5.41, 5.74) is 2.40. The fourth-order valence-corrected chi connectivity index (χ4v) is 2.76. The third kappa shape index (κ3) is 4.36. The topological polar surface area (TPSA) is 55.8 Å². The van der Waals surface area contributed by atoms with Gasteiger partial charge in [0.2, 0.25) is 0 Å². The second kappa shape index (κ2) is 6.80. The summed E-state index contributed by atoms with van der Waals surface area (Å²) in [6, 6.07) is 8.97. The molecule has 0 spiro atoms. The molecule has 1 atom stereocenters. The minimum atomic E-state index is -0.814. The normalized spacial score (nSPS) is 19.8. The van der Waals surface area contributed by atoms with Gasteiger partial charge in [0, 0.05) is 44.0 Å². The average Bonchev–Trinajstić information content (AvgIpc) is 2.40. The van der Waals surface area contributed by atoms with E-state index in [1.165, 1.54) is 10.5 Å². The summed E-state index contributed by atoms with van der Waals surface area (Å²) >= 11 is 0. The number of carbonyl (C=O) groups is 1. The second-order valence-electron chi connectivity index (χ2n) is 6.06. The van der Waals surface area contributed by atoms with Gasteiger partial charge in [-0.25, -0.2) is 4.79 Å². The van der Waals surface area contributed by atoms with Gasteiger partial charge < -0.3 is 15.3 Å². The molecule has 1 saturated heterocycles. The number of hydrogen-bond acceptors (Lipinski definition) is 3. The van der Waals surface area contributed by atoms with Gasteiger partial charge in [-0.2, -0.15) is 0 Å². The maximum Gasteiger partial charge on any atom is 0.407 e. The first-order valence-electron chi connectivity index (χ1n) is 7.53. The first-order valence-corrected chi connectivity index (χ1v) is 7.53. The highest BCUT2D eigenvalue weighted by Crippen LogP contribution is 2.15. The summed E-state index contributed by atoms with van der Waals surface area (Å²) in [6.07, 6.45) is -0.814. The maximum absolute atomic E-state index is 11.1. The van der Waals surface area contributed by atoms with Crippen LogP contribution >= 0.6 is 0 Å². The van der Waals surface area contributed by atoms with E-state index in [1.54, 1.807) is 0 Å². The molecule has 5 heteroatoms. The molecular formula is C16H25N3O2. The second-order valence-corrected chi connectivity index (χ2v) is 6.06. The Labute approximate surface area is 126 Å². The zero-order valence-corrected chi connectivity index (χ0v) is 13.0. The van der Waals surface area contributed by atoms with E-state index in [-0.39, 0.29) is 6.04 Å². The van der Waals surface area contributed by atoms with Crippen LogP contribution in [0.5, 0.6) is 0 Å². The van der Waals surface area contributed by atoms with Crippen molar-refractivity contribution in [3.05, 3.63) is 29.8 Å². The lowest BCUT2D eigenvalue weighted by molar-refractivity contribution is 0.0711. The van der Waals surface area contributed by atoms with E-state index in [0.29, 0.717) is 12.6 Å². The Hall–Kier alpha value is -1.75. The van der Waals surface area contributed by atoms with Crippen LogP contribution in [0.2, 0.25) is 0 Å². The van der Waals surface area contributed by atoms with E-state index in [2.05, 4.69) is 48.3 Å². The predicted molar refractivity (Wildman–Crippen MR) is 84.7 cm³/mol. The molecule has 116 valence electrons. The van der Waals surface area contributed by atoms with E-state index in [9.17, 15) is 4.79 Å².